The normalized spacial score (nSPS) is 15.0. The molecule has 8 nitrogen and oxygen atoms in total. The van der Waals surface area contributed by atoms with E-state index in [9.17, 15) is 14.5 Å². The Balaban J connectivity index is 1.84. The highest BCUT2D eigenvalue weighted by Gasteiger charge is 2.28. The molecule has 0 aliphatic carbocycles. The molecule has 1 fully saturated rings. The number of benzene rings is 1. The van der Waals surface area contributed by atoms with Gasteiger partial charge >= 0.3 is 5.69 Å². The monoisotopic (exact) mass is 381 g/mol. The van der Waals surface area contributed by atoms with Crippen LogP contribution in [0.2, 0.25) is 0 Å². The fraction of sp³-hybridized carbons (Fsp3) is 0.500. The van der Waals surface area contributed by atoms with Gasteiger partial charge in [-0.15, -0.1) is 0 Å². The van der Waals surface area contributed by atoms with Gasteiger partial charge in [-0.3, -0.25) is 10.1 Å². The molecule has 0 saturated carbocycles. The average molecular weight is 381 g/mol. The minimum atomic E-state index is -0.887. The summed E-state index contributed by atoms with van der Waals surface area (Å²) >= 11 is 1.36. The van der Waals surface area contributed by atoms with E-state index in [0.29, 0.717) is 19.6 Å². The molecular weight excluding hydrogens is 361 g/mol. The van der Waals surface area contributed by atoms with Crippen LogP contribution in [-0.2, 0) is 6.42 Å². The number of halogens is 1. The summed E-state index contributed by atoms with van der Waals surface area (Å²) < 4.78 is 23.6. The van der Waals surface area contributed by atoms with E-state index in [1.165, 1.54) is 24.7 Å². The maximum atomic E-state index is 14.2. The first-order valence-corrected chi connectivity index (χ1v) is 9.15. The molecule has 2 aromatic rings. The molecule has 1 aliphatic heterocycles. The molecule has 1 saturated heterocycles. The van der Waals surface area contributed by atoms with Crippen LogP contribution in [0.3, 0.4) is 0 Å². The Morgan fingerprint density at radius 3 is 2.69 bits per heavy atom. The van der Waals surface area contributed by atoms with Crippen molar-refractivity contribution in [3.8, 4) is 5.75 Å². The van der Waals surface area contributed by atoms with Crippen LogP contribution in [0.25, 0.3) is 0 Å². The van der Waals surface area contributed by atoms with Gasteiger partial charge in [-0.05, 0) is 6.42 Å². The van der Waals surface area contributed by atoms with Gasteiger partial charge in [-0.1, -0.05) is 6.92 Å². The van der Waals surface area contributed by atoms with Crippen molar-refractivity contribution in [2.45, 2.75) is 19.8 Å². The topological polar surface area (TPSA) is 84.6 Å². The molecular formula is C16H20FN5O3S. The van der Waals surface area contributed by atoms with Gasteiger partial charge in [0.15, 0.2) is 0 Å². The number of rotatable bonds is 5. The molecule has 0 spiro atoms. The molecule has 0 unspecified atom stereocenters. The smallest absolute Gasteiger partial charge is 0.328 e. The lowest BCUT2D eigenvalue weighted by Crippen LogP contribution is -2.31. The molecule has 1 aromatic carbocycles. The molecule has 0 N–H and O–H groups in total. The van der Waals surface area contributed by atoms with Gasteiger partial charge < -0.3 is 14.5 Å². The van der Waals surface area contributed by atoms with Crippen molar-refractivity contribution in [2.75, 3.05) is 43.1 Å². The predicted molar refractivity (Wildman–Crippen MR) is 97.9 cm³/mol. The van der Waals surface area contributed by atoms with Crippen LogP contribution in [0.4, 0.5) is 20.9 Å². The molecule has 26 heavy (non-hydrogen) atoms. The van der Waals surface area contributed by atoms with Gasteiger partial charge in [0.05, 0.1) is 12.0 Å². The average Bonchev–Trinajstić information content (AvgIpc) is 2.97. The number of hydrogen-bond acceptors (Lipinski definition) is 8. The molecule has 10 heteroatoms. The summed E-state index contributed by atoms with van der Waals surface area (Å²) in [6.45, 7) is 4.52. The van der Waals surface area contributed by atoms with Crippen LogP contribution in [0.1, 0.15) is 19.2 Å². The Morgan fingerprint density at radius 2 is 2.04 bits per heavy atom. The number of nitrogens with zero attached hydrogens (tertiary/aromatic N) is 5. The van der Waals surface area contributed by atoms with E-state index in [1.807, 2.05) is 11.8 Å². The minimum Gasteiger partial charge on any atom is -0.497 e. The molecule has 0 bridgehead atoms. The highest BCUT2D eigenvalue weighted by atomic mass is 32.1. The van der Waals surface area contributed by atoms with E-state index < -0.39 is 16.4 Å². The van der Waals surface area contributed by atoms with E-state index in [2.05, 4.69) is 14.3 Å². The Bertz CT molecular complexity index is 800. The Kier molecular flexibility index (Phi) is 5.50. The summed E-state index contributed by atoms with van der Waals surface area (Å²) in [6.07, 6.45) is 1.56. The van der Waals surface area contributed by atoms with Crippen molar-refractivity contribution in [1.29, 1.82) is 0 Å². The third-order valence-electron chi connectivity index (χ3n) is 4.32. The standard InChI is InChI=1S/C16H20FN5O3S/c1-3-14-18-16(26-19-14)21-6-4-5-20(7-8-21)13-10-11(25-2)9-12(17)15(13)22(23)24/h9-10H,3-8H2,1-2H3. The highest BCUT2D eigenvalue weighted by molar-refractivity contribution is 7.09. The Labute approximate surface area is 154 Å². The summed E-state index contributed by atoms with van der Waals surface area (Å²) in [6, 6.07) is 2.57. The summed E-state index contributed by atoms with van der Waals surface area (Å²) in [5.74, 6) is 0.194. The summed E-state index contributed by atoms with van der Waals surface area (Å²) in [5, 5.41) is 12.2. The van der Waals surface area contributed by atoms with E-state index in [0.717, 1.165) is 36.4 Å². The zero-order valence-electron chi connectivity index (χ0n) is 14.6. The number of aryl methyl sites for hydroxylation is 1. The second kappa shape index (κ2) is 7.81. The first-order chi connectivity index (χ1) is 12.5. The molecule has 1 aliphatic rings. The SMILES string of the molecule is CCc1nsc(N2CCCN(c3cc(OC)cc(F)c3[N+](=O)[O-])CC2)n1. The number of anilines is 2. The second-order valence-electron chi connectivity index (χ2n) is 5.91. The molecule has 0 atom stereocenters. The quantitative estimate of drug-likeness (QED) is 0.581. The van der Waals surface area contributed by atoms with Crippen LogP contribution in [-0.4, -0.2) is 47.6 Å². The van der Waals surface area contributed by atoms with Crippen LogP contribution < -0.4 is 14.5 Å². The molecule has 0 radical (unpaired) electrons. The van der Waals surface area contributed by atoms with E-state index in [4.69, 9.17) is 4.74 Å². The first-order valence-electron chi connectivity index (χ1n) is 8.38. The third kappa shape index (κ3) is 3.69. The highest BCUT2D eigenvalue weighted by Crippen LogP contribution is 2.36. The number of nitro benzene ring substituents is 1. The molecule has 0 amide bonds. The molecule has 2 heterocycles. The number of ether oxygens (including phenoxy) is 1. The van der Waals surface area contributed by atoms with Crippen LogP contribution in [0.15, 0.2) is 12.1 Å². The van der Waals surface area contributed by atoms with Crippen molar-refractivity contribution in [3.05, 3.63) is 33.9 Å². The predicted octanol–water partition coefficient (Wildman–Crippen LogP) is 2.87. The van der Waals surface area contributed by atoms with Crippen molar-refractivity contribution in [1.82, 2.24) is 9.36 Å². The van der Waals surface area contributed by atoms with Gasteiger partial charge in [0.25, 0.3) is 0 Å². The summed E-state index contributed by atoms with van der Waals surface area (Å²) in [5.41, 5.74) is -0.261. The van der Waals surface area contributed by atoms with Crippen molar-refractivity contribution in [2.24, 2.45) is 0 Å². The second-order valence-corrected chi connectivity index (χ2v) is 6.64. The van der Waals surface area contributed by atoms with Crippen LogP contribution in [0, 0.1) is 15.9 Å². The summed E-state index contributed by atoms with van der Waals surface area (Å²) in [4.78, 5) is 19.2. The lowest BCUT2D eigenvalue weighted by atomic mass is 10.2. The fourth-order valence-electron chi connectivity index (χ4n) is 2.97. The molecule has 1 aromatic heterocycles. The van der Waals surface area contributed by atoms with E-state index >= 15 is 0 Å². The summed E-state index contributed by atoms with van der Waals surface area (Å²) in [7, 11) is 1.41. The van der Waals surface area contributed by atoms with Crippen LogP contribution >= 0.6 is 11.5 Å². The fourth-order valence-corrected chi connectivity index (χ4v) is 3.77. The van der Waals surface area contributed by atoms with Gasteiger partial charge in [0, 0.05) is 56.3 Å². The zero-order chi connectivity index (χ0) is 18.7. The maximum absolute atomic E-state index is 14.2. The number of nitro groups is 1. The van der Waals surface area contributed by atoms with Crippen LogP contribution in [0.5, 0.6) is 5.75 Å². The third-order valence-corrected chi connectivity index (χ3v) is 5.13. The Morgan fingerprint density at radius 1 is 1.31 bits per heavy atom. The minimum absolute atomic E-state index is 0.250. The molecule has 3 rings (SSSR count). The largest absolute Gasteiger partial charge is 0.497 e. The lowest BCUT2D eigenvalue weighted by Gasteiger charge is -2.23. The van der Waals surface area contributed by atoms with Gasteiger partial charge in [0.1, 0.15) is 17.3 Å². The number of hydrogen-bond donors (Lipinski definition) is 0. The molecule has 140 valence electrons. The van der Waals surface area contributed by atoms with Gasteiger partial charge in [-0.2, -0.15) is 8.76 Å². The number of methoxy groups -OCH3 is 1. The maximum Gasteiger partial charge on any atom is 0.328 e. The van der Waals surface area contributed by atoms with E-state index in [-0.39, 0.29) is 11.4 Å². The zero-order valence-corrected chi connectivity index (χ0v) is 15.5. The first kappa shape index (κ1) is 18.3. The van der Waals surface area contributed by atoms with Crippen molar-refractivity contribution < 1.29 is 14.1 Å². The number of aromatic nitrogens is 2. The van der Waals surface area contributed by atoms with E-state index in [1.54, 1.807) is 0 Å². The van der Waals surface area contributed by atoms with Gasteiger partial charge in [-0.25, -0.2) is 4.98 Å². The van der Waals surface area contributed by atoms with Crippen molar-refractivity contribution >= 4 is 28.0 Å². The van der Waals surface area contributed by atoms with Crippen molar-refractivity contribution in [3.63, 3.8) is 0 Å². The Hall–Kier alpha value is -2.49. The lowest BCUT2D eigenvalue weighted by molar-refractivity contribution is -0.386. The van der Waals surface area contributed by atoms with Gasteiger partial charge in [0.2, 0.25) is 10.9 Å².